The molecule has 0 spiro atoms. The van der Waals surface area contributed by atoms with Gasteiger partial charge in [-0.25, -0.2) is 13.6 Å². The summed E-state index contributed by atoms with van der Waals surface area (Å²) in [6.07, 6.45) is 0.594. The molecule has 0 amide bonds. The first kappa shape index (κ1) is 13.7. The number of aliphatic hydroxyl groups is 1. The van der Waals surface area contributed by atoms with Crippen molar-refractivity contribution in [2.24, 2.45) is 5.14 Å². The highest BCUT2D eigenvalue weighted by atomic mass is 32.2. The maximum absolute atomic E-state index is 11.3. The van der Waals surface area contributed by atoms with Crippen LogP contribution in [-0.4, -0.2) is 13.5 Å². The van der Waals surface area contributed by atoms with Crippen LogP contribution < -0.4 is 5.14 Å². The Hall–Kier alpha value is -1.69. The van der Waals surface area contributed by atoms with Crippen molar-refractivity contribution in [3.63, 3.8) is 0 Å². The van der Waals surface area contributed by atoms with Crippen molar-refractivity contribution in [1.29, 1.82) is 0 Å². The maximum atomic E-state index is 11.3. The van der Waals surface area contributed by atoms with E-state index in [0.717, 1.165) is 16.7 Å². The van der Waals surface area contributed by atoms with Gasteiger partial charge < -0.3 is 5.11 Å². The fourth-order valence-corrected chi connectivity index (χ4v) is 2.49. The number of benzene rings is 2. The predicted molar refractivity (Wildman–Crippen MR) is 73.0 cm³/mol. The van der Waals surface area contributed by atoms with Gasteiger partial charge in [0.2, 0.25) is 10.0 Å². The van der Waals surface area contributed by atoms with Crippen molar-refractivity contribution in [2.45, 2.75) is 17.9 Å². The molecule has 0 saturated heterocycles. The summed E-state index contributed by atoms with van der Waals surface area (Å²) in [6.45, 7) is -0.00887. The van der Waals surface area contributed by atoms with Gasteiger partial charge in [-0.1, -0.05) is 36.4 Å². The molecule has 0 aliphatic heterocycles. The van der Waals surface area contributed by atoms with Crippen molar-refractivity contribution in [2.75, 3.05) is 0 Å². The quantitative estimate of drug-likeness (QED) is 0.887. The van der Waals surface area contributed by atoms with E-state index in [2.05, 4.69) is 0 Å². The normalized spacial score (nSPS) is 11.5. The first-order chi connectivity index (χ1) is 8.99. The molecule has 5 heteroatoms. The van der Waals surface area contributed by atoms with Gasteiger partial charge in [-0.2, -0.15) is 0 Å². The third kappa shape index (κ3) is 3.64. The molecule has 19 heavy (non-hydrogen) atoms. The molecule has 0 atom stereocenters. The van der Waals surface area contributed by atoms with E-state index in [1.807, 2.05) is 30.3 Å². The Bertz CT molecular complexity index is 681. The molecule has 3 N–H and O–H groups in total. The van der Waals surface area contributed by atoms with Gasteiger partial charge in [-0.15, -0.1) is 0 Å². The summed E-state index contributed by atoms with van der Waals surface area (Å²) in [5, 5.41) is 14.2. The van der Waals surface area contributed by atoms with Crippen molar-refractivity contribution in [1.82, 2.24) is 0 Å². The lowest BCUT2D eigenvalue weighted by Gasteiger charge is -2.05. The van der Waals surface area contributed by atoms with Crippen molar-refractivity contribution in [3.05, 3.63) is 65.2 Å². The minimum Gasteiger partial charge on any atom is -0.392 e. The number of sulfonamides is 1. The Morgan fingerprint density at radius 2 is 1.53 bits per heavy atom. The standard InChI is InChI=1S/C14H15NO3S/c15-19(17,18)14-6-2-4-12(9-14)7-11-3-1-5-13(8-11)10-16/h1-6,8-9,16H,7,10H2,(H2,15,17,18). The lowest BCUT2D eigenvalue weighted by Crippen LogP contribution is -2.12. The number of nitrogens with two attached hydrogens (primary N) is 1. The summed E-state index contributed by atoms with van der Waals surface area (Å²) in [4.78, 5) is 0.114. The summed E-state index contributed by atoms with van der Waals surface area (Å²) in [5.41, 5.74) is 2.71. The van der Waals surface area contributed by atoms with Crippen molar-refractivity contribution in [3.8, 4) is 0 Å². The van der Waals surface area contributed by atoms with E-state index in [4.69, 9.17) is 10.2 Å². The highest BCUT2D eigenvalue weighted by Crippen LogP contribution is 2.15. The van der Waals surface area contributed by atoms with Crippen LogP contribution in [0.25, 0.3) is 0 Å². The van der Waals surface area contributed by atoms with Gasteiger partial charge in [0.25, 0.3) is 0 Å². The average molecular weight is 277 g/mol. The molecule has 0 heterocycles. The Kier molecular flexibility index (Phi) is 3.99. The van der Waals surface area contributed by atoms with Gasteiger partial charge in [0.05, 0.1) is 11.5 Å². The molecule has 0 aliphatic rings. The first-order valence-corrected chi connectivity index (χ1v) is 7.34. The maximum Gasteiger partial charge on any atom is 0.238 e. The molecular formula is C14H15NO3S. The topological polar surface area (TPSA) is 80.4 Å². The monoisotopic (exact) mass is 277 g/mol. The van der Waals surface area contributed by atoms with Crippen LogP contribution in [0.15, 0.2) is 53.4 Å². The molecule has 0 saturated carbocycles. The minimum atomic E-state index is -3.67. The molecule has 0 bridgehead atoms. The van der Waals surface area contributed by atoms with Crippen molar-refractivity contribution >= 4 is 10.0 Å². The summed E-state index contributed by atoms with van der Waals surface area (Å²) >= 11 is 0. The number of hydrogen-bond acceptors (Lipinski definition) is 3. The highest BCUT2D eigenvalue weighted by Gasteiger charge is 2.08. The minimum absolute atomic E-state index is 0.00887. The SMILES string of the molecule is NS(=O)(=O)c1cccc(Cc2cccc(CO)c2)c1. The Labute approximate surface area is 112 Å². The van der Waals surface area contributed by atoms with Crippen LogP contribution in [-0.2, 0) is 23.1 Å². The van der Waals surface area contributed by atoms with Crippen LogP contribution in [0.5, 0.6) is 0 Å². The summed E-state index contributed by atoms with van der Waals surface area (Å²) in [7, 11) is -3.67. The number of hydrogen-bond donors (Lipinski definition) is 2. The van der Waals surface area contributed by atoms with Gasteiger partial charge >= 0.3 is 0 Å². The second-order valence-electron chi connectivity index (χ2n) is 4.35. The molecule has 0 aliphatic carbocycles. The molecule has 4 nitrogen and oxygen atoms in total. The van der Waals surface area contributed by atoms with Gasteiger partial charge in [0.1, 0.15) is 0 Å². The van der Waals surface area contributed by atoms with E-state index in [1.165, 1.54) is 6.07 Å². The second kappa shape index (κ2) is 5.52. The predicted octanol–water partition coefficient (Wildman–Crippen LogP) is 1.42. The third-order valence-electron chi connectivity index (χ3n) is 2.81. The molecule has 0 unspecified atom stereocenters. The van der Waals surface area contributed by atoms with Crippen LogP contribution in [0.3, 0.4) is 0 Å². The molecule has 2 aromatic rings. The fraction of sp³-hybridized carbons (Fsp3) is 0.143. The number of primary sulfonamides is 1. The Morgan fingerprint density at radius 1 is 0.947 bits per heavy atom. The molecule has 0 aromatic heterocycles. The lowest BCUT2D eigenvalue weighted by molar-refractivity contribution is 0.281. The van der Waals surface area contributed by atoms with E-state index < -0.39 is 10.0 Å². The molecule has 0 fully saturated rings. The smallest absolute Gasteiger partial charge is 0.238 e. The summed E-state index contributed by atoms with van der Waals surface area (Å²) in [5.74, 6) is 0. The first-order valence-electron chi connectivity index (χ1n) is 5.79. The highest BCUT2D eigenvalue weighted by molar-refractivity contribution is 7.89. The van der Waals surface area contributed by atoms with Gasteiger partial charge in [-0.05, 0) is 35.2 Å². The molecule has 2 aromatic carbocycles. The fourth-order valence-electron chi connectivity index (χ4n) is 1.91. The molecule has 100 valence electrons. The van der Waals surface area contributed by atoms with Gasteiger partial charge in [0, 0.05) is 0 Å². The zero-order chi connectivity index (χ0) is 13.9. The average Bonchev–Trinajstić information content (AvgIpc) is 2.38. The number of aliphatic hydroxyl groups excluding tert-OH is 1. The van der Waals surface area contributed by atoms with E-state index in [9.17, 15) is 8.42 Å². The van der Waals surface area contributed by atoms with Crippen LogP contribution in [0.4, 0.5) is 0 Å². The van der Waals surface area contributed by atoms with Crippen LogP contribution in [0, 0.1) is 0 Å². The summed E-state index contributed by atoms with van der Waals surface area (Å²) in [6, 6.07) is 14.1. The molecule has 2 rings (SSSR count). The Morgan fingerprint density at radius 3 is 2.16 bits per heavy atom. The van der Waals surface area contributed by atoms with E-state index >= 15 is 0 Å². The van der Waals surface area contributed by atoms with E-state index in [1.54, 1.807) is 12.1 Å². The summed E-state index contributed by atoms with van der Waals surface area (Å²) < 4.78 is 22.6. The van der Waals surface area contributed by atoms with Crippen LogP contribution in [0.1, 0.15) is 16.7 Å². The van der Waals surface area contributed by atoms with Crippen molar-refractivity contribution < 1.29 is 13.5 Å². The molecule has 0 radical (unpaired) electrons. The van der Waals surface area contributed by atoms with Gasteiger partial charge in [0.15, 0.2) is 0 Å². The lowest BCUT2D eigenvalue weighted by atomic mass is 10.0. The second-order valence-corrected chi connectivity index (χ2v) is 5.91. The zero-order valence-corrected chi connectivity index (χ0v) is 11.1. The van der Waals surface area contributed by atoms with E-state index in [0.29, 0.717) is 6.42 Å². The van der Waals surface area contributed by atoms with Crippen LogP contribution >= 0.6 is 0 Å². The molecular weight excluding hydrogens is 262 g/mol. The zero-order valence-electron chi connectivity index (χ0n) is 10.3. The third-order valence-corrected chi connectivity index (χ3v) is 3.72. The Balaban J connectivity index is 2.28. The van der Waals surface area contributed by atoms with Gasteiger partial charge in [-0.3, -0.25) is 0 Å². The van der Waals surface area contributed by atoms with E-state index in [-0.39, 0.29) is 11.5 Å². The van der Waals surface area contributed by atoms with Crippen LogP contribution in [0.2, 0.25) is 0 Å². The largest absolute Gasteiger partial charge is 0.392 e. The number of rotatable bonds is 4.